The van der Waals surface area contributed by atoms with Gasteiger partial charge in [0.15, 0.2) is 0 Å². The number of aromatic nitrogens is 2. The largest absolute Gasteiger partial charge is 0.338 e. The van der Waals surface area contributed by atoms with E-state index in [-0.39, 0.29) is 17.5 Å². The van der Waals surface area contributed by atoms with Crippen molar-refractivity contribution in [1.82, 2.24) is 14.9 Å². The zero-order valence-electron chi connectivity index (χ0n) is 12.6. The molecule has 0 aliphatic carbocycles. The number of hydrogen-bond donors (Lipinski definition) is 0. The van der Waals surface area contributed by atoms with Crippen LogP contribution in [-0.2, 0) is 4.79 Å². The van der Waals surface area contributed by atoms with Crippen LogP contribution in [0.25, 0.3) is 0 Å². The first-order chi connectivity index (χ1) is 11.2. The molecule has 1 fully saturated rings. The number of anilines is 1. The maximum absolute atomic E-state index is 13.6. The molecule has 0 atom stereocenters. The van der Waals surface area contributed by atoms with Crippen LogP contribution >= 0.6 is 11.8 Å². The summed E-state index contributed by atoms with van der Waals surface area (Å²) < 4.78 is 13.6. The molecule has 0 unspecified atom stereocenters. The molecule has 3 rings (SSSR count). The molecule has 1 aromatic heterocycles. The average Bonchev–Trinajstić information content (AvgIpc) is 2.62. The fourth-order valence-corrected chi connectivity index (χ4v) is 3.25. The molecule has 1 aliphatic heterocycles. The molecule has 1 amide bonds. The van der Waals surface area contributed by atoms with Crippen LogP contribution in [0.3, 0.4) is 0 Å². The third-order valence-electron chi connectivity index (χ3n) is 3.66. The van der Waals surface area contributed by atoms with E-state index in [4.69, 9.17) is 0 Å². The topological polar surface area (TPSA) is 49.3 Å². The summed E-state index contributed by atoms with van der Waals surface area (Å²) in [7, 11) is 0. The number of carbonyl (C=O) groups is 1. The maximum Gasteiger partial charge on any atom is 0.233 e. The lowest BCUT2D eigenvalue weighted by Crippen LogP contribution is -2.49. The van der Waals surface area contributed by atoms with Gasteiger partial charge in [0, 0.05) is 43.5 Å². The molecule has 2 heterocycles. The van der Waals surface area contributed by atoms with Crippen molar-refractivity contribution in [1.29, 1.82) is 0 Å². The Balaban J connectivity index is 1.50. The van der Waals surface area contributed by atoms with Crippen molar-refractivity contribution in [2.75, 3.05) is 36.8 Å². The van der Waals surface area contributed by atoms with Gasteiger partial charge in [-0.3, -0.25) is 4.79 Å². The number of benzene rings is 1. The summed E-state index contributed by atoms with van der Waals surface area (Å²) in [5, 5.41) is 0. The highest BCUT2D eigenvalue weighted by molar-refractivity contribution is 8.00. The summed E-state index contributed by atoms with van der Waals surface area (Å²) in [5.41, 5.74) is 0. The second-order valence-electron chi connectivity index (χ2n) is 5.14. The molecule has 0 spiro atoms. The van der Waals surface area contributed by atoms with E-state index in [1.807, 2.05) is 4.90 Å². The summed E-state index contributed by atoms with van der Waals surface area (Å²) in [6.07, 6.45) is 3.43. The number of halogens is 1. The van der Waals surface area contributed by atoms with Crippen LogP contribution in [0.15, 0.2) is 47.6 Å². The van der Waals surface area contributed by atoms with Gasteiger partial charge in [0.25, 0.3) is 0 Å². The summed E-state index contributed by atoms with van der Waals surface area (Å²) in [6.45, 7) is 2.68. The maximum atomic E-state index is 13.6. The SMILES string of the molecule is O=C(CSc1ccccc1F)N1CCN(c2ncccn2)CC1. The molecular weight excluding hydrogens is 315 g/mol. The van der Waals surface area contributed by atoms with E-state index in [0.717, 1.165) is 0 Å². The van der Waals surface area contributed by atoms with Crippen LogP contribution in [0.1, 0.15) is 0 Å². The number of carbonyl (C=O) groups excluding carboxylic acids is 1. The first kappa shape index (κ1) is 15.7. The second-order valence-corrected chi connectivity index (χ2v) is 6.15. The smallest absolute Gasteiger partial charge is 0.233 e. The van der Waals surface area contributed by atoms with Gasteiger partial charge in [0.1, 0.15) is 5.82 Å². The molecule has 0 saturated carbocycles. The van der Waals surface area contributed by atoms with Gasteiger partial charge in [0.05, 0.1) is 5.75 Å². The highest BCUT2D eigenvalue weighted by Crippen LogP contribution is 2.21. The molecule has 1 aromatic carbocycles. The number of amides is 1. The minimum Gasteiger partial charge on any atom is -0.338 e. The lowest BCUT2D eigenvalue weighted by molar-refractivity contribution is -0.128. The van der Waals surface area contributed by atoms with Crippen LogP contribution in [0, 0.1) is 5.82 Å². The third-order valence-corrected chi connectivity index (χ3v) is 4.69. The van der Waals surface area contributed by atoms with Crippen molar-refractivity contribution in [2.24, 2.45) is 0 Å². The molecule has 7 heteroatoms. The van der Waals surface area contributed by atoms with Crippen LogP contribution < -0.4 is 4.90 Å². The molecule has 5 nitrogen and oxygen atoms in total. The normalized spacial score (nSPS) is 14.8. The van der Waals surface area contributed by atoms with Crippen molar-refractivity contribution >= 4 is 23.6 Å². The van der Waals surface area contributed by atoms with Crippen molar-refractivity contribution in [3.8, 4) is 0 Å². The van der Waals surface area contributed by atoms with Crippen LogP contribution in [0.5, 0.6) is 0 Å². The molecule has 0 bridgehead atoms. The van der Waals surface area contributed by atoms with Gasteiger partial charge < -0.3 is 9.80 Å². The molecule has 1 saturated heterocycles. The summed E-state index contributed by atoms with van der Waals surface area (Å²) in [5.74, 6) is 0.700. The van der Waals surface area contributed by atoms with Gasteiger partial charge in [-0.25, -0.2) is 14.4 Å². The summed E-state index contributed by atoms with van der Waals surface area (Å²) in [4.78, 5) is 25.1. The Morgan fingerprint density at radius 1 is 1.09 bits per heavy atom. The fraction of sp³-hybridized carbons (Fsp3) is 0.312. The summed E-state index contributed by atoms with van der Waals surface area (Å²) >= 11 is 1.24. The van der Waals surface area contributed by atoms with Crippen molar-refractivity contribution in [3.63, 3.8) is 0 Å². The molecular formula is C16H17FN4OS. The monoisotopic (exact) mass is 332 g/mol. The lowest BCUT2D eigenvalue weighted by atomic mass is 10.3. The Bertz CT molecular complexity index is 662. The Morgan fingerprint density at radius 2 is 1.78 bits per heavy atom. The number of rotatable bonds is 4. The predicted molar refractivity (Wildman–Crippen MR) is 87.9 cm³/mol. The predicted octanol–water partition coefficient (Wildman–Crippen LogP) is 2.06. The van der Waals surface area contributed by atoms with Crippen LogP contribution in [-0.4, -0.2) is 52.7 Å². The Morgan fingerprint density at radius 3 is 2.48 bits per heavy atom. The van der Waals surface area contributed by atoms with Gasteiger partial charge in [-0.1, -0.05) is 12.1 Å². The van der Waals surface area contributed by atoms with E-state index in [1.165, 1.54) is 17.8 Å². The zero-order valence-corrected chi connectivity index (χ0v) is 13.4. The first-order valence-electron chi connectivity index (χ1n) is 7.41. The number of thioether (sulfide) groups is 1. The Kier molecular flexibility index (Phi) is 5.07. The molecule has 120 valence electrons. The lowest BCUT2D eigenvalue weighted by Gasteiger charge is -2.34. The van der Waals surface area contributed by atoms with Gasteiger partial charge in [-0.2, -0.15) is 0 Å². The van der Waals surface area contributed by atoms with Crippen LogP contribution in [0.4, 0.5) is 10.3 Å². The third kappa shape index (κ3) is 3.98. The van der Waals surface area contributed by atoms with E-state index in [2.05, 4.69) is 14.9 Å². The van der Waals surface area contributed by atoms with E-state index in [0.29, 0.717) is 37.0 Å². The van der Waals surface area contributed by atoms with E-state index in [9.17, 15) is 9.18 Å². The van der Waals surface area contributed by atoms with Gasteiger partial charge in [0.2, 0.25) is 11.9 Å². The van der Waals surface area contributed by atoms with Gasteiger partial charge in [-0.05, 0) is 18.2 Å². The number of piperazine rings is 1. The zero-order chi connectivity index (χ0) is 16.1. The number of hydrogen-bond acceptors (Lipinski definition) is 5. The Hall–Kier alpha value is -2.15. The standard InChI is InChI=1S/C16H17FN4OS/c17-13-4-1-2-5-14(13)23-12-15(22)20-8-10-21(11-9-20)16-18-6-3-7-19-16/h1-7H,8-12H2. The molecule has 0 radical (unpaired) electrons. The van der Waals surface area contributed by atoms with E-state index < -0.39 is 0 Å². The molecule has 23 heavy (non-hydrogen) atoms. The van der Waals surface area contributed by atoms with Crippen molar-refractivity contribution in [3.05, 3.63) is 48.5 Å². The van der Waals surface area contributed by atoms with E-state index in [1.54, 1.807) is 36.7 Å². The highest BCUT2D eigenvalue weighted by atomic mass is 32.2. The fourth-order valence-electron chi connectivity index (χ4n) is 2.40. The van der Waals surface area contributed by atoms with Crippen molar-refractivity contribution in [2.45, 2.75) is 4.90 Å². The average molecular weight is 332 g/mol. The van der Waals surface area contributed by atoms with Crippen LogP contribution in [0.2, 0.25) is 0 Å². The van der Waals surface area contributed by atoms with Gasteiger partial charge >= 0.3 is 0 Å². The minimum atomic E-state index is -0.281. The number of nitrogens with zero attached hydrogens (tertiary/aromatic N) is 4. The minimum absolute atomic E-state index is 0.0342. The van der Waals surface area contributed by atoms with Gasteiger partial charge in [-0.15, -0.1) is 11.8 Å². The Labute approximate surface area is 138 Å². The van der Waals surface area contributed by atoms with Crippen molar-refractivity contribution < 1.29 is 9.18 Å². The first-order valence-corrected chi connectivity index (χ1v) is 8.39. The summed E-state index contributed by atoms with van der Waals surface area (Å²) in [6, 6.07) is 8.30. The molecule has 0 N–H and O–H groups in total. The second kappa shape index (κ2) is 7.41. The highest BCUT2D eigenvalue weighted by Gasteiger charge is 2.22. The van der Waals surface area contributed by atoms with E-state index >= 15 is 0 Å². The molecule has 2 aromatic rings. The molecule has 1 aliphatic rings. The quantitative estimate of drug-likeness (QED) is 0.802.